The van der Waals surface area contributed by atoms with Crippen LogP contribution < -0.4 is 5.56 Å². The second-order valence-corrected chi connectivity index (χ2v) is 7.06. The predicted molar refractivity (Wildman–Crippen MR) is 102 cm³/mol. The van der Waals surface area contributed by atoms with E-state index in [1.165, 1.54) is 4.88 Å². The number of aliphatic hydroxyl groups is 1. The average Bonchev–Trinajstić information content (AvgIpc) is 3.29. The Morgan fingerprint density at radius 1 is 1.19 bits per heavy atom. The lowest BCUT2D eigenvalue weighted by molar-refractivity contribution is 0.295. The molecule has 1 N–H and O–H groups in total. The topological polar surface area (TPSA) is 72.9 Å². The highest BCUT2D eigenvalue weighted by molar-refractivity contribution is 7.09. The lowest BCUT2D eigenvalue weighted by Gasteiger charge is -2.11. The highest BCUT2D eigenvalue weighted by Gasteiger charge is 2.16. The molecular formula is C19H18N4O2S. The number of pyridine rings is 1. The Balaban J connectivity index is 1.89. The molecule has 0 bridgehead atoms. The van der Waals surface area contributed by atoms with Crippen molar-refractivity contribution in [1.82, 2.24) is 19.3 Å². The van der Waals surface area contributed by atoms with Crippen molar-refractivity contribution in [2.45, 2.75) is 12.8 Å². The van der Waals surface area contributed by atoms with E-state index in [2.05, 4.69) is 10.1 Å². The molecule has 0 aliphatic heterocycles. The Morgan fingerprint density at radius 3 is 2.81 bits per heavy atom. The maximum Gasteiger partial charge on any atom is 0.252 e. The molecule has 4 aromatic rings. The van der Waals surface area contributed by atoms with Crippen LogP contribution in [0.2, 0.25) is 0 Å². The summed E-state index contributed by atoms with van der Waals surface area (Å²) in [6.07, 6.45) is 1.01. The maximum atomic E-state index is 12.4. The minimum absolute atomic E-state index is 0.0279. The lowest BCUT2D eigenvalue weighted by atomic mass is 10.2. The van der Waals surface area contributed by atoms with Crippen molar-refractivity contribution in [3.8, 4) is 5.69 Å². The first-order valence-electron chi connectivity index (χ1n) is 8.34. The first-order chi connectivity index (χ1) is 12.7. The van der Waals surface area contributed by atoms with Gasteiger partial charge < -0.3 is 9.67 Å². The molecule has 3 heterocycles. The molecule has 0 aliphatic carbocycles. The summed E-state index contributed by atoms with van der Waals surface area (Å²) in [5.41, 5.74) is 1.42. The summed E-state index contributed by atoms with van der Waals surface area (Å²) < 4.78 is 3.32. The minimum atomic E-state index is -0.107. The van der Waals surface area contributed by atoms with E-state index in [0.29, 0.717) is 30.2 Å². The minimum Gasteiger partial charge on any atom is -0.396 e. The summed E-state index contributed by atoms with van der Waals surface area (Å²) in [5.74, 6) is 1.33. The molecule has 0 fully saturated rings. The van der Waals surface area contributed by atoms with Crippen LogP contribution in [0.15, 0.2) is 52.6 Å². The van der Waals surface area contributed by atoms with Gasteiger partial charge in [-0.15, -0.1) is 11.3 Å². The molecule has 0 unspecified atom stereocenters. The Kier molecular flexibility index (Phi) is 4.40. The highest BCUT2D eigenvalue weighted by atomic mass is 32.1. The van der Waals surface area contributed by atoms with Gasteiger partial charge in [0.15, 0.2) is 5.82 Å². The number of nitrogens with zero attached hydrogens (tertiary/aromatic N) is 4. The lowest BCUT2D eigenvalue weighted by Crippen LogP contribution is -2.19. The molecule has 3 aromatic heterocycles. The van der Waals surface area contributed by atoms with E-state index < -0.39 is 0 Å². The molecule has 26 heavy (non-hydrogen) atoms. The SMILES string of the molecule is Cn1c(=O)cc(-n2nc(Cc3cccs3)nc2CCO)c2ccccc21. The molecule has 0 aliphatic rings. The van der Waals surface area contributed by atoms with E-state index in [1.807, 2.05) is 41.8 Å². The van der Waals surface area contributed by atoms with Crippen molar-refractivity contribution in [3.05, 3.63) is 74.7 Å². The third-order valence-electron chi connectivity index (χ3n) is 4.33. The smallest absolute Gasteiger partial charge is 0.252 e. The number of aliphatic hydroxyl groups excluding tert-OH is 1. The van der Waals surface area contributed by atoms with Crippen molar-refractivity contribution < 1.29 is 5.11 Å². The van der Waals surface area contributed by atoms with Gasteiger partial charge in [0.2, 0.25) is 0 Å². The molecule has 1 aromatic carbocycles. The van der Waals surface area contributed by atoms with Crippen LogP contribution in [-0.4, -0.2) is 31.0 Å². The van der Waals surface area contributed by atoms with Crippen LogP contribution in [0.4, 0.5) is 0 Å². The van der Waals surface area contributed by atoms with E-state index in [0.717, 1.165) is 10.9 Å². The molecule has 7 heteroatoms. The third-order valence-corrected chi connectivity index (χ3v) is 5.20. The first kappa shape index (κ1) is 16.7. The molecule has 132 valence electrons. The van der Waals surface area contributed by atoms with Crippen LogP contribution in [-0.2, 0) is 19.9 Å². The zero-order chi connectivity index (χ0) is 18.1. The Hall–Kier alpha value is -2.77. The van der Waals surface area contributed by atoms with Crippen LogP contribution in [0.25, 0.3) is 16.6 Å². The Morgan fingerprint density at radius 2 is 2.04 bits per heavy atom. The van der Waals surface area contributed by atoms with E-state index >= 15 is 0 Å². The number of thiophene rings is 1. The molecule has 0 spiro atoms. The van der Waals surface area contributed by atoms with Crippen molar-refractivity contribution in [1.29, 1.82) is 0 Å². The molecule has 0 radical (unpaired) electrons. The molecule has 6 nitrogen and oxygen atoms in total. The van der Waals surface area contributed by atoms with Crippen LogP contribution in [0.1, 0.15) is 16.5 Å². The summed E-state index contributed by atoms with van der Waals surface area (Å²) in [5, 5.41) is 17.0. The van der Waals surface area contributed by atoms with Gasteiger partial charge in [-0.25, -0.2) is 9.67 Å². The summed E-state index contributed by atoms with van der Waals surface area (Å²) in [7, 11) is 1.76. The fraction of sp³-hybridized carbons (Fsp3) is 0.211. The second-order valence-electron chi connectivity index (χ2n) is 6.03. The number of rotatable bonds is 5. The van der Waals surface area contributed by atoms with Crippen LogP contribution in [0.3, 0.4) is 0 Å². The first-order valence-corrected chi connectivity index (χ1v) is 9.22. The fourth-order valence-electron chi connectivity index (χ4n) is 3.06. The number of para-hydroxylation sites is 1. The highest BCUT2D eigenvalue weighted by Crippen LogP contribution is 2.22. The molecule has 0 atom stereocenters. The van der Waals surface area contributed by atoms with Crippen molar-refractivity contribution in [3.63, 3.8) is 0 Å². The van der Waals surface area contributed by atoms with Gasteiger partial charge in [0.05, 0.1) is 17.8 Å². The number of benzene rings is 1. The zero-order valence-electron chi connectivity index (χ0n) is 14.3. The zero-order valence-corrected chi connectivity index (χ0v) is 15.1. The van der Waals surface area contributed by atoms with Crippen LogP contribution in [0.5, 0.6) is 0 Å². The Labute approximate surface area is 154 Å². The molecular weight excluding hydrogens is 348 g/mol. The van der Waals surface area contributed by atoms with Gasteiger partial charge in [0, 0.05) is 36.2 Å². The van der Waals surface area contributed by atoms with E-state index in [1.54, 1.807) is 33.7 Å². The molecule has 0 amide bonds. The number of aromatic nitrogens is 4. The van der Waals surface area contributed by atoms with Crippen LogP contribution >= 0.6 is 11.3 Å². The maximum absolute atomic E-state index is 12.4. The van der Waals surface area contributed by atoms with Gasteiger partial charge in [0.1, 0.15) is 5.82 Å². The third kappa shape index (κ3) is 2.95. The van der Waals surface area contributed by atoms with Crippen molar-refractivity contribution >= 4 is 22.2 Å². The number of aryl methyl sites for hydroxylation is 1. The standard InChI is InChI=1S/C19H18N4O2S/c1-22-15-7-3-2-6-14(15)16(12-19(22)25)23-18(8-9-24)20-17(21-23)11-13-5-4-10-26-13/h2-7,10,12,24H,8-9,11H2,1H3. The molecule has 0 saturated carbocycles. The number of hydrogen-bond acceptors (Lipinski definition) is 5. The van der Waals surface area contributed by atoms with Gasteiger partial charge in [-0.1, -0.05) is 24.3 Å². The normalized spacial score (nSPS) is 11.3. The van der Waals surface area contributed by atoms with Crippen LogP contribution in [0, 0.1) is 0 Å². The van der Waals surface area contributed by atoms with Crippen molar-refractivity contribution in [2.75, 3.05) is 6.61 Å². The summed E-state index contributed by atoms with van der Waals surface area (Å²) >= 11 is 1.66. The van der Waals surface area contributed by atoms with Gasteiger partial charge in [-0.05, 0) is 17.5 Å². The van der Waals surface area contributed by atoms with E-state index in [4.69, 9.17) is 0 Å². The largest absolute Gasteiger partial charge is 0.396 e. The molecule has 0 saturated heterocycles. The second kappa shape index (κ2) is 6.86. The van der Waals surface area contributed by atoms with Gasteiger partial charge in [0.25, 0.3) is 5.56 Å². The monoisotopic (exact) mass is 366 g/mol. The number of hydrogen-bond donors (Lipinski definition) is 1. The fourth-order valence-corrected chi connectivity index (χ4v) is 3.76. The van der Waals surface area contributed by atoms with E-state index in [-0.39, 0.29) is 12.2 Å². The van der Waals surface area contributed by atoms with Crippen molar-refractivity contribution in [2.24, 2.45) is 7.05 Å². The van der Waals surface area contributed by atoms with Gasteiger partial charge in [-0.3, -0.25) is 4.79 Å². The van der Waals surface area contributed by atoms with Gasteiger partial charge in [-0.2, -0.15) is 5.10 Å². The molecule has 4 rings (SSSR count). The summed E-state index contributed by atoms with van der Waals surface area (Å²) in [4.78, 5) is 18.2. The van der Waals surface area contributed by atoms with E-state index in [9.17, 15) is 9.90 Å². The van der Waals surface area contributed by atoms with Gasteiger partial charge >= 0.3 is 0 Å². The predicted octanol–water partition coefficient (Wildman–Crippen LogP) is 2.31. The Bertz CT molecular complexity index is 1110. The summed E-state index contributed by atoms with van der Waals surface area (Å²) in [6.45, 7) is -0.0279. The number of fused-ring (bicyclic) bond motifs is 1. The summed E-state index contributed by atoms with van der Waals surface area (Å²) in [6, 6.07) is 13.3. The average molecular weight is 366 g/mol. The quantitative estimate of drug-likeness (QED) is 0.588.